The van der Waals surface area contributed by atoms with Gasteiger partial charge in [-0.1, -0.05) is 53.6 Å². The van der Waals surface area contributed by atoms with Gasteiger partial charge in [0.15, 0.2) is 0 Å². The number of esters is 1. The van der Waals surface area contributed by atoms with Crippen molar-refractivity contribution in [3.8, 4) is 69.3 Å². The molecule has 3 atom stereocenters. The molecule has 6 aromatic rings. The number of nitrogens with zero attached hydrogens (tertiary/aromatic N) is 6. The number of carbonyl (C=O) groups is 1. The largest absolute Gasteiger partial charge is 0.490 e. The van der Waals surface area contributed by atoms with Crippen molar-refractivity contribution in [3.63, 3.8) is 0 Å². The molecule has 0 radical (unpaired) electrons. The normalized spacial score (nSPS) is 15.7. The average molecular weight is 955 g/mol. The molecule has 8 rings (SSSR count). The van der Waals surface area contributed by atoms with Gasteiger partial charge in [-0.05, 0) is 139 Å². The molecule has 17 heteroatoms. The Bertz CT molecular complexity index is 3020. The molecule has 0 saturated carbocycles. The zero-order valence-corrected chi connectivity index (χ0v) is 41.2. The van der Waals surface area contributed by atoms with Crippen LogP contribution >= 0.6 is 0 Å². The minimum absolute atomic E-state index is 0.00763. The fraction of sp³-hybridized carbons (Fsp3) is 0.404. The highest BCUT2D eigenvalue weighted by Gasteiger charge is 2.37. The molecule has 4 aromatic carbocycles. The van der Waals surface area contributed by atoms with Crippen LogP contribution in [-0.4, -0.2) is 65.8 Å². The van der Waals surface area contributed by atoms with Gasteiger partial charge in [-0.2, -0.15) is 20.5 Å². The first-order chi connectivity index (χ1) is 32.9. The number of methoxy groups -OCH3 is 1. The second-order valence-corrected chi connectivity index (χ2v) is 20.2. The number of rotatable bonds is 16. The molecule has 2 heterocycles. The molecule has 2 N–H and O–H groups in total. The van der Waals surface area contributed by atoms with Crippen molar-refractivity contribution < 1.29 is 36.5 Å². The van der Waals surface area contributed by atoms with E-state index in [1.54, 1.807) is 30.3 Å². The highest BCUT2D eigenvalue weighted by atomic mass is 32.2. The van der Waals surface area contributed by atoms with E-state index < -0.39 is 33.2 Å². The fourth-order valence-electron chi connectivity index (χ4n) is 8.67. The lowest BCUT2D eigenvalue weighted by Gasteiger charge is -2.23. The fourth-order valence-corrected chi connectivity index (χ4v) is 10.5. The molecule has 2 aliphatic carbocycles. The summed E-state index contributed by atoms with van der Waals surface area (Å²) in [6.07, 6.45) is 4.25. The van der Waals surface area contributed by atoms with Crippen LogP contribution in [0, 0.1) is 28.1 Å². The molecule has 0 unspecified atom stereocenters. The number of benzene rings is 4. The van der Waals surface area contributed by atoms with E-state index >= 15 is 0 Å². The lowest BCUT2D eigenvalue weighted by molar-refractivity contribution is -0.149. The molecule has 0 amide bonds. The third-order valence-electron chi connectivity index (χ3n) is 12.0. The number of fused-ring (bicyclic) bond motifs is 2. The van der Waals surface area contributed by atoms with E-state index in [0.717, 1.165) is 41.5 Å². The molecule has 2 aromatic heterocycles. The quantitative estimate of drug-likeness (QED) is 0.0861. The standard InChI is InChI=1S/C27H30N4O6S.C25H28N4O2/c1-16(2)36-23-12-9-17(13-18(23)14-28)25-29-24(30-37-25)21-8-6-7-20-19(21)10-11-22(20)31-38(33,34)15-27(3,4)26(32)35-5;1-5-16(4)27-22-11-10-19-20(22)7-6-8-21(19)24-28-25(31-29-24)17-9-12-23(30-15(2)3)18(13-17)14-26/h6-9,12-13,16,22,31H,10-11,15H2,1-5H3;6-9,12-13,15-16,22,27H,5,10-11H2,1-4H3/t22-;16-,22-/m01/s1. The second kappa shape index (κ2) is 21.2. The van der Waals surface area contributed by atoms with Crippen LogP contribution in [0.25, 0.3) is 45.7 Å². The Morgan fingerprint density at radius 1 is 0.768 bits per heavy atom. The Morgan fingerprint density at radius 3 is 1.70 bits per heavy atom. The monoisotopic (exact) mass is 954 g/mol. The Kier molecular flexibility index (Phi) is 15.3. The molecule has 0 spiro atoms. The first-order valence-electron chi connectivity index (χ1n) is 23.1. The van der Waals surface area contributed by atoms with Gasteiger partial charge in [0.2, 0.25) is 21.7 Å². The van der Waals surface area contributed by atoms with E-state index in [1.807, 2.05) is 52.0 Å². The Morgan fingerprint density at radius 2 is 1.25 bits per heavy atom. The van der Waals surface area contributed by atoms with Crippen LogP contribution < -0.4 is 19.5 Å². The maximum absolute atomic E-state index is 12.9. The van der Waals surface area contributed by atoms with Crippen LogP contribution in [-0.2, 0) is 32.4 Å². The zero-order valence-electron chi connectivity index (χ0n) is 40.4. The minimum Gasteiger partial charge on any atom is -0.490 e. The Balaban J connectivity index is 0.000000208. The van der Waals surface area contributed by atoms with Crippen molar-refractivity contribution in [3.05, 3.63) is 106 Å². The third kappa shape index (κ3) is 11.5. The number of nitriles is 2. The Hall–Kier alpha value is -6.92. The number of nitrogens with one attached hydrogen (secondary N) is 2. The molecule has 2 aliphatic rings. The van der Waals surface area contributed by atoms with Crippen molar-refractivity contribution in [2.24, 2.45) is 5.41 Å². The molecular weight excluding hydrogens is 897 g/mol. The summed E-state index contributed by atoms with van der Waals surface area (Å²) >= 11 is 0. The topological polar surface area (TPSA) is 228 Å². The predicted octanol–water partition coefficient (Wildman–Crippen LogP) is 9.61. The van der Waals surface area contributed by atoms with Crippen LogP contribution in [0.1, 0.15) is 120 Å². The van der Waals surface area contributed by atoms with Crippen molar-refractivity contribution >= 4 is 16.0 Å². The van der Waals surface area contributed by atoms with Gasteiger partial charge < -0.3 is 28.6 Å². The lowest BCUT2D eigenvalue weighted by Crippen LogP contribution is -2.39. The van der Waals surface area contributed by atoms with Crippen LogP contribution in [0.5, 0.6) is 11.5 Å². The van der Waals surface area contributed by atoms with Crippen LogP contribution in [0.3, 0.4) is 0 Å². The summed E-state index contributed by atoms with van der Waals surface area (Å²) in [5.41, 5.74) is 7.05. The predicted molar refractivity (Wildman–Crippen MR) is 259 cm³/mol. The number of hydrogen-bond donors (Lipinski definition) is 2. The van der Waals surface area contributed by atoms with Gasteiger partial charge in [-0.3, -0.25) is 4.79 Å². The van der Waals surface area contributed by atoms with Gasteiger partial charge in [0.25, 0.3) is 11.8 Å². The maximum Gasteiger partial charge on any atom is 0.312 e. The smallest absolute Gasteiger partial charge is 0.312 e. The van der Waals surface area contributed by atoms with Gasteiger partial charge in [-0.15, -0.1) is 0 Å². The molecule has 16 nitrogen and oxygen atoms in total. The van der Waals surface area contributed by atoms with Gasteiger partial charge in [-0.25, -0.2) is 13.1 Å². The summed E-state index contributed by atoms with van der Waals surface area (Å²) in [7, 11) is -2.55. The molecule has 0 fully saturated rings. The highest BCUT2D eigenvalue weighted by molar-refractivity contribution is 7.89. The van der Waals surface area contributed by atoms with Crippen molar-refractivity contribution in [1.29, 1.82) is 10.5 Å². The molecule has 360 valence electrons. The van der Waals surface area contributed by atoms with E-state index in [1.165, 1.54) is 32.1 Å². The average Bonchev–Trinajstić information content (AvgIpc) is 4.16. The van der Waals surface area contributed by atoms with Gasteiger partial charge in [0.05, 0.1) is 41.6 Å². The molecule has 0 aliphatic heterocycles. The van der Waals surface area contributed by atoms with Crippen molar-refractivity contribution in [2.45, 2.75) is 118 Å². The minimum atomic E-state index is -3.79. The summed E-state index contributed by atoms with van der Waals surface area (Å²) in [6, 6.07) is 27.1. The maximum atomic E-state index is 12.9. The summed E-state index contributed by atoms with van der Waals surface area (Å²) in [4.78, 5) is 21.2. The SMILES string of the molecule is CC[C@@H](C)N[C@@H]1CCc2c(-c3noc(-c4ccc(OC(C)C)c(C#N)c4)n3)cccc21.COC(=O)C(C)(C)CS(=O)(=O)N[C@H]1CCc2c(-c3noc(-c4ccc(OC(C)C)c(C#N)c4)n3)cccc21. The molecule has 69 heavy (non-hydrogen) atoms. The summed E-state index contributed by atoms with van der Waals surface area (Å²) in [5, 5.41) is 31.1. The molecular formula is C52H58N8O8S. The summed E-state index contributed by atoms with van der Waals surface area (Å²) in [6.45, 7) is 15.1. The van der Waals surface area contributed by atoms with Gasteiger partial charge in [0.1, 0.15) is 23.6 Å². The number of aromatic nitrogens is 4. The van der Waals surface area contributed by atoms with Crippen LogP contribution in [0.2, 0.25) is 0 Å². The van der Waals surface area contributed by atoms with E-state index in [2.05, 4.69) is 74.5 Å². The summed E-state index contributed by atoms with van der Waals surface area (Å²) < 4.78 is 55.7. The third-order valence-corrected chi connectivity index (χ3v) is 13.7. The molecule has 0 saturated heterocycles. The van der Waals surface area contributed by atoms with E-state index in [-0.39, 0.29) is 18.1 Å². The van der Waals surface area contributed by atoms with Crippen molar-refractivity contribution in [2.75, 3.05) is 12.9 Å². The van der Waals surface area contributed by atoms with Crippen LogP contribution in [0.4, 0.5) is 0 Å². The summed E-state index contributed by atoms with van der Waals surface area (Å²) in [5.74, 6) is 1.66. The van der Waals surface area contributed by atoms with Gasteiger partial charge in [0, 0.05) is 40.4 Å². The number of hydrogen-bond acceptors (Lipinski definition) is 15. The van der Waals surface area contributed by atoms with E-state index in [9.17, 15) is 23.7 Å². The number of carbonyl (C=O) groups excluding carboxylic acids is 1. The molecule has 0 bridgehead atoms. The zero-order chi connectivity index (χ0) is 49.6. The van der Waals surface area contributed by atoms with Gasteiger partial charge >= 0.3 is 5.97 Å². The first kappa shape index (κ1) is 50.0. The van der Waals surface area contributed by atoms with Crippen molar-refractivity contribution in [1.82, 2.24) is 30.3 Å². The second-order valence-electron chi connectivity index (χ2n) is 18.5. The number of sulfonamides is 1. The van der Waals surface area contributed by atoms with E-state index in [0.29, 0.717) is 76.2 Å². The highest BCUT2D eigenvalue weighted by Crippen LogP contribution is 2.40. The lowest BCUT2D eigenvalue weighted by atomic mass is 9.97. The van der Waals surface area contributed by atoms with E-state index in [4.69, 9.17) is 23.3 Å². The Labute approximate surface area is 403 Å². The van der Waals surface area contributed by atoms with Crippen LogP contribution in [0.15, 0.2) is 81.8 Å². The first-order valence-corrected chi connectivity index (χ1v) is 24.8. The number of ether oxygens (including phenoxy) is 3.